The monoisotopic (exact) mass is 485 g/mol. The van der Waals surface area contributed by atoms with Crippen molar-refractivity contribution in [1.29, 1.82) is 0 Å². The second kappa shape index (κ2) is 10.1. The number of carboxylic acid groups (broad SMARTS) is 1. The summed E-state index contributed by atoms with van der Waals surface area (Å²) >= 11 is 0. The Hall–Kier alpha value is -3.06. The minimum absolute atomic E-state index is 0.240. The molecule has 1 spiro atoms. The molecule has 186 valence electrons. The Morgan fingerprint density at radius 1 is 1.26 bits per heavy atom. The van der Waals surface area contributed by atoms with Gasteiger partial charge in [0.25, 0.3) is 0 Å². The minimum Gasteiger partial charge on any atom is -0.475 e. The van der Waals surface area contributed by atoms with Gasteiger partial charge in [0.05, 0.1) is 6.54 Å². The lowest BCUT2D eigenvalue weighted by atomic mass is 10.0. The number of carboxylic acids is 1. The molecule has 0 radical (unpaired) electrons. The van der Waals surface area contributed by atoms with Gasteiger partial charge in [-0.3, -0.25) is 24.0 Å². The zero-order chi connectivity index (χ0) is 25.1. The first-order valence-corrected chi connectivity index (χ1v) is 10.7. The molecule has 0 saturated carbocycles. The molecule has 10 nitrogen and oxygen atoms in total. The first-order chi connectivity index (χ1) is 15.9. The van der Waals surface area contributed by atoms with E-state index >= 15 is 0 Å². The molecule has 1 N–H and O–H groups in total. The molecule has 34 heavy (non-hydrogen) atoms. The fraction of sp³-hybridized carbons (Fsp3) is 0.571. The number of carbonyl (C=O) groups is 1. The number of aliphatic carboxylic acids is 1. The number of halogens is 3. The number of aromatic nitrogens is 4. The van der Waals surface area contributed by atoms with Gasteiger partial charge in [-0.1, -0.05) is 19.9 Å². The summed E-state index contributed by atoms with van der Waals surface area (Å²) in [6.45, 7) is 7.47. The number of fused-ring (bicyclic) bond motifs is 1. The quantitative estimate of drug-likeness (QED) is 0.643. The number of ether oxygens (including phenoxy) is 1. The lowest BCUT2D eigenvalue weighted by Crippen LogP contribution is -2.53. The van der Waals surface area contributed by atoms with E-state index in [4.69, 9.17) is 14.6 Å². The van der Waals surface area contributed by atoms with Crippen molar-refractivity contribution in [3.63, 3.8) is 0 Å². The molecule has 4 rings (SSSR count). The van der Waals surface area contributed by atoms with Gasteiger partial charge >= 0.3 is 23.3 Å². The third kappa shape index (κ3) is 6.08. The summed E-state index contributed by atoms with van der Waals surface area (Å²) < 4.78 is 40.7. The van der Waals surface area contributed by atoms with Gasteiger partial charge in [0.2, 0.25) is 0 Å². The molecule has 0 aliphatic carbocycles. The van der Waals surface area contributed by atoms with Crippen LogP contribution in [0, 0.1) is 5.92 Å². The highest BCUT2D eigenvalue weighted by atomic mass is 19.4. The van der Waals surface area contributed by atoms with Crippen LogP contribution in [0.15, 0.2) is 34.1 Å². The first kappa shape index (κ1) is 25.6. The van der Waals surface area contributed by atoms with Crippen LogP contribution < -0.4 is 11.1 Å². The average Bonchev–Trinajstić information content (AvgIpc) is 3.14. The third-order valence-electron chi connectivity index (χ3n) is 5.47. The molecule has 1 atom stereocenters. The highest BCUT2D eigenvalue weighted by Crippen LogP contribution is 2.31. The molecule has 0 aromatic carbocycles. The van der Waals surface area contributed by atoms with E-state index in [0.29, 0.717) is 18.9 Å². The maximum atomic E-state index is 12.6. The van der Waals surface area contributed by atoms with Crippen molar-refractivity contribution in [1.82, 2.24) is 24.2 Å². The van der Waals surface area contributed by atoms with E-state index in [2.05, 4.69) is 21.0 Å². The molecule has 2 aromatic rings. The number of pyridine rings is 1. The second-order valence-corrected chi connectivity index (χ2v) is 8.79. The van der Waals surface area contributed by atoms with Gasteiger partial charge < -0.3 is 9.84 Å². The van der Waals surface area contributed by atoms with E-state index in [0.717, 1.165) is 31.6 Å². The lowest BCUT2D eigenvalue weighted by molar-refractivity contribution is -0.192. The van der Waals surface area contributed by atoms with Gasteiger partial charge in [0, 0.05) is 38.6 Å². The molecule has 1 unspecified atom stereocenters. The summed E-state index contributed by atoms with van der Waals surface area (Å²) in [6.07, 6.45) is -0.622. The molecule has 0 bridgehead atoms. The van der Waals surface area contributed by atoms with Crippen molar-refractivity contribution in [2.24, 2.45) is 5.92 Å². The Morgan fingerprint density at radius 3 is 2.56 bits per heavy atom. The molecular formula is C21H26F3N5O5. The predicted molar refractivity (Wildman–Crippen MR) is 113 cm³/mol. The maximum Gasteiger partial charge on any atom is 0.490 e. The molecule has 4 heterocycles. The zero-order valence-corrected chi connectivity index (χ0v) is 18.8. The van der Waals surface area contributed by atoms with Gasteiger partial charge in [-0.2, -0.15) is 18.3 Å². The van der Waals surface area contributed by atoms with Crippen LogP contribution in [0.2, 0.25) is 0 Å². The van der Waals surface area contributed by atoms with E-state index in [-0.39, 0.29) is 12.5 Å². The molecule has 2 aliphatic rings. The van der Waals surface area contributed by atoms with Crippen molar-refractivity contribution in [2.45, 2.75) is 58.3 Å². The van der Waals surface area contributed by atoms with Crippen molar-refractivity contribution in [3.8, 4) is 0 Å². The topological polar surface area (TPSA) is 120 Å². The number of nitrogens with zero attached hydrogens (tertiary/aromatic N) is 5. The molecule has 2 aliphatic heterocycles. The summed E-state index contributed by atoms with van der Waals surface area (Å²) in [5.74, 6) is -1.98. The van der Waals surface area contributed by atoms with Crippen LogP contribution in [-0.4, -0.2) is 60.2 Å². The van der Waals surface area contributed by atoms with Gasteiger partial charge in [-0.05, 0) is 24.0 Å². The number of hydrogen-bond acceptors (Lipinski definition) is 7. The summed E-state index contributed by atoms with van der Waals surface area (Å²) in [4.78, 5) is 40.4. The minimum atomic E-state index is -5.08. The van der Waals surface area contributed by atoms with Crippen molar-refractivity contribution in [3.05, 3.63) is 56.6 Å². The lowest BCUT2D eigenvalue weighted by Gasteiger charge is -2.35. The smallest absolute Gasteiger partial charge is 0.475 e. The zero-order valence-electron chi connectivity index (χ0n) is 18.8. The van der Waals surface area contributed by atoms with Crippen molar-refractivity contribution in [2.75, 3.05) is 13.1 Å². The van der Waals surface area contributed by atoms with Crippen LogP contribution in [0.1, 0.15) is 31.7 Å². The van der Waals surface area contributed by atoms with E-state index < -0.39 is 28.9 Å². The number of hydrogen-bond donors (Lipinski definition) is 1. The Labute approximate surface area is 192 Å². The van der Waals surface area contributed by atoms with Gasteiger partial charge in [-0.25, -0.2) is 9.48 Å². The van der Waals surface area contributed by atoms with E-state index in [9.17, 15) is 22.8 Å². The van der Waals surface area contributed by atoms with Gasteiger partial charge in [-0.15, -0.1) is 0 Å². The molecule has 1 fully saturated rings. The van der Waals surface area contributed by atoms with Crippen LogP contribution in [0.4, 0.5) is 13.2 Å². The number of rotatable bonds is 4. The summed E-state index contributed by atoms with van der Waals surface area (Å²) in [6, 6.07) is 3.99. The highest BCUT2D eigenvalue weighted by Gasteiger charge is 2.43. The Bertz CT molecular complexity index is 1130. The van der Waals surface area contributed by atoms with Crippen molar-refractivity contribution >= 4 is 5.97 Å². The molecule has 1 saturated heterocycles. The Kier molecular flexibility index (Phi) is 7.56. The van der Waals surface area contributed by atoms with Crippen LogP contribution in [0.25, 0.3) is 0 Å². The standard InChI is InChI=1S/C19H25N5O3.C2HF3O2/c1-14(2)9-24-18(26)17(25)23-13-19(27-11-16(23)21-24)5-7-22(12-19)10-15-4-3-6-20-8-15;3-2(4,5)1(6)7/h3-4,6,8,14H,5,7,9-13H2,1-2H3;(H,6,7). The van der Waals surface area contributed by atoms with E-state index in [1.807, 2.05) is 26.1 Å². The van der Waals surface area contributed by atoms with Crippen molar-refractivity contribution < 1.29 is 27.8 Å². The highest BCUT2D eigenvalue weighted by molar-refractivity contribution is 5.73. The van der Waals surface area contributed by atoms with Crippen LogP contribution in [0.5, 0.6) is 0 Å². The fourth-order valence-corrected chi connectivity index (χ4v) is 3.93. The third-order valence-corrected chi connectivity index (χ3v) is 5.47. The Balaban J connectivity index is 0.000000406. The normalized spacial score (nSPS) is 20.2. The van der Waals surface area contributed by atoms with E-state index in [1.165, 1.54) is 9.25 Å². The van der Waals surface area contributed by atoms with E-state index in [1.54, 1.807) is 6.20 Å². The summed E-state index contributed by atoms with van der Waals surface area (Å²) in [7, 11) is 0. The Morgan fingerprint density at radius 2 is 1.97 bits per heavy atom. The van der Waals surface area contributed by atoms with Gasteiger partial charge in [0.15, 0.2) is 5.82 Å². The maximum absolute atomic E-state index is 12.6. The average molecular weight is 485 g/mol. The SMILES string of the molecule is CC(C)Cn1nc2n(c(=O)c1=O)CC1(CCN(Cc3cccnc3)C1)OC2.O=C(O)C(F)(F)F. The predicted octanol–water partition coefficient (Wildman–Crippen LogP) is 1.26. The fourth-order valence-electron chi connectivity index (χ4n) is 3.93. The van der Waals surface area contributed by atoms with Gasteiger partial charge in [0.1, 0.15) is 12.2 Å². The second-order valence-electron chi connectivity index (χ2n) is 8.79. The van der Waals surface area contributed by atoms with Crippen LogP contribution >= 0.6 is 0 Å². The number of likely N-dealkylation sites (tertiary alicyclic amines) is 1. The summed E-state index contributed by atoms with van der Waals surface area (Å²) in [5.41, 5.74) is -0.317. The first-order valence-electron chi connectivity index (χ1n) is 10.7. The molecular weight excluding hydrogens is 459 g/mol. The molecule has 0 amide bonds. The number of alkyl halides is 3. The van der Waals surface area contributed by atoms with Crippen LogP contribution in [-0.2, 0) is 35.8 Å². The summed E-state index contributed by atoms with van der Waals surface area (Å²) in [5, 5.41) is 11.5. The van der Waals surface area contributed by atoms with Crippen LogP contribution in [0.3, 0.4) is 0 Å². The largest absolute Gasteiger partial charge is 0.490 e. The molecule has 13 heteroatoms. The molecule has 2 aromatic heterocycles.